The van der Waals surface area contributed by atoms with E-state index in [2.05, 4.69) is 24.4 Å². The molecule has 3 rings (SSSR count). The molecule has 0 saturated heterocycles. The van der Waals surface area contributed by atoms with E-state index in [-0.39, 0.29) is 35.9 Å². The number of ether oxygens (including phenoxy) is 1. The van der Waals surface area contributed by atoms with Crippen molar-refractivity contribution >= 4 is 5.97 Å². The quantitative estimate of drug-likeness (QED) is 0.787. The number of carbonyl (C=O) groups excluding carboxylic acids is 1. The highest BCUT2D eigenvalue weighted by Gasteiger charge is 2.37. The Morgan fingerprint density at radius 1 is 1.12 bits per heavy atom. The Hall–Kier alpha value is -2.20. The normalized spacial score (nSPS) is 24.0. The Kier molecular flexibility index (Phi) is 6.04. The molecule has 0 amide bonds. The summed E-state index contributed by atoms with van der Waals surface area (Å²) in [5.74, 6) is -0.506. The first-order valence-electron chi connectivity index (χ1n) is 9.28. The van der Waals surface area contributed by atoms with Crippen LogP contribution in [0.15, 0.2) is 54.6 Å². The molecule has 0 aromatic heterocycles. The van der Waals surface area contributed by atoms with Gasteiger partial charge in [0.1, 0.15) is 11.9 Å². The third-order valence-corrected chi connectivity index (χ3v) is 5.17. The largest absolute Gasteiger partial charge is 0.462 e. The van der Waals surface area contributed by atoms with Crippen LogP contribution in [0.3, 0.4) is 0 Å². The van der Waals surface area contributed by atoms with Gasteiger partial charge < -0.3 is 10.1 Å². The van der Waals surface area contributed by atoms with Crippen molar-refractivity contribution in [3.05, 3.63) is 71.5 Å². The van der Waals surface area contributed by atoms with Crippen LogP contribution in [-0.2, 0) is 9.53 Å². The zero-order valence-corrected chi connectivity index (χ0v) is 15.3. The van der Waals surface area contributed by atoms with Gasteiger partial charge in [-0.2, -0.15) is 0 Å². The molecular formula is C22H26FNO2. The van der Waals surface area contributed by atoms with Crippen LogP contribution in [-0.4, -0.2) is 18.1 Å². The fraction of sp³-hybridized carbons (Fsp3) is 0.409. The van der Waals surface area contributed by atoms with Gasteiger partial charge in [0.05, 0.1) is 0 Å². The Morgan fingerprint density at radius 2 is 1.81 bits per heavy atom. The maximum absolute atomic E-state index is 13.4. The molecule has 1 saturated carbocycles. The summed E-state index contributed by atoms with van der Waals surface area (Å²) in [5, 5.41) is 3.72. The zero-order chi connectivity index (χ0) is 18.5. The predicted molar refractivity (Wildman–Crippen MR) is 100 cm³/mol. The molecule has 1 aliphatic carbocycles. The predicted octanol–water partition coefficient (Wildman–Crippen LogP) is 4.74. The molecule has 1 aliphatic rings. The van der Waals surface area contributed by atoms with Gasteiger partial charge >= 0.3 is 5.97 Å². The molecule has 0 radical (unpaired) electrons. The summed E-state index contributed by atoms with van der Waals surface area (Å²) in [6, 6.07) is 17.2. The van der Waals surface area contributed by atoms with Crippen LogP contribution in [0, 0.1) is 5.82 Å². The number of benzene rings is 2. The van der Waals surface area contributed by atoms with E-state index in [1.165, 1.54) is 24.6 Å². The van der Waals surface area contributed by atoms with Crippen molar-refractivity contribution in [2.75, 3.05) is 0 Å². The molecule has 0 heterocycles. The molecule has 2 aromatic carbocycles. The van der Waals surface area contributed by atoms with Crippen LogP contribution >= 0.6 is 0 Å². The maximum Gasteiger partial charge on any atom is 0.302 e. The SMILES string of the molecule is CC(=O)O[C@@H]1CCC[C@@H](N[C@@H](C)c2ccccc2)[C@@H]1c1ccc(F)cc1. The number of rotatable bonds is 5. The minimum absolute atomic E-state index is 0.0133. The molecule has 1 N–H and O–H groups in total. The number of hydrogen-bond acceptors (Lipinski definition) is 3. The number of carbonyl (C=O) groups is 1. The first-order valence-corrected chi connectivity index (χ1v) is 9.28. The van der Waals surface area contributed by atoms with E-state index < -0.39 is 0 Å². The highest BCUT2D eigenvalue weighted by atomic mass is 19.1. The van der Waals surface area contributed by atoms with Gasteiger partial charge in [-0.15, -0.1) is 0 Å². The first-order chi connectivity index (χ1) is 12.5. The summed E-state index contributed by atoms with van der Waals surface area (Å²) >= 11 is 0. The fourth-order valence-electron chi connectivity index (χ4n) is 3.98. The fourth-order valence-corrected chi connectivity index (χ4v) is 3.98. The second kappa shape index (κ2) is 8.45. The summed E-state index contributed by atoms with van der Waals surface area (Å²) < 4.78 is 19.0. The average Bonchev–Trinajstić information content (AvgIpc) is 2.63. The molecule has 0 spiro atoms. The maximum atomic E-state index is 13.4. The van der Waals surface area contributed by atoms with E-state index in [0.29, 0.717) is 0 Å². The van der Waals surface area contributed by atoms with Crippen molar-refractivity contribution in [3.63, 3.8) is 0 Å². The average molecular weight is 355 g/mol. The molecule has 0 bridgehead atoms. The second-order valence-corrected chi connectivity index (χ2v) is 7.06. The highest BCUT2D eigenvalue weighted by Crippen LogP contribution is 2.36. The first kappa shape index (κ1) is 18.6. The van der Waals surface area contributed by atoms with Crippen molar-refractivity contribution in [2.45, 2.75) is 57.2 Å². The van der Waals surface area contributed by atoms with Gasteiger partial charge in [-0.1, -0.05) is 42.5 Å². The zero-order valence-electron chi connectivity index (χ0n) is 15.3. The van der Waals surface area contributed by atoms with Crippen molar-refractivity contribution in [2.24, 2.45) is 0 Å². The number of hydrogen-bond donors (Lipinski definition) is 1. The molecular weight excluding hydrogens is 329 g/mol. The summed E-state index contributed by atoms with van der Waals surface area (Å²) in [4.78, 5) is 11.6. The second-order valence-electron chi connectivity index (χ2n) is 7.06. The van der Waals surface area contributed by atoms with Crippen LogP contribution in [0.25, 0.3) is 0 Å². The summed E-state index contributed by atoms with van der Waals surface area (Å²) in [6.07, 6.45) is 2.64. The molecule has 4 atom stereocenters. The van der Waals surface area contributed by atoms with Gasteiger partial charge in [0, 0.05) is 24.9 Å². The van der Waals surface area contributed by atoms with E-state index in [0.717, 1.165) is 24.8 Å². The van der Waals surface area contributed by atoms with Crippen molar-refractivity contribution < 1.29 is 13.9 Å². The molecule has 1 fully saturated rings. The minimum atomic E-state index is -0.265. The smallest absolute Gasteiger partial charge is 0.302 e. The van der Waals surface area contributed by atoms with Gasteiger partial charge in [-0.25, -0.2) is 4.39 Å². The Morgan fingerprint density at radius 3 is 2.46 bits per heavy atom. The molecule has 3 nitrogen and oxygen atoms in total. The van der Waals surface area contributed by atoms with Crippen LogP contribution in [0.1, 0.15) is 56.2 Å². The topological polar surface area (TPSA) is 38.3 Å². The summed E-state index contributed by atoms with van der Waals surface area (Å²) in [5.41, 5.74) is 2.23. The van der Waals surface area contributed by atoms with Gasteiger partial charge in [0.25, 0.3) is 0 Å². The number of esters is 1. The van der Waals surface area contributed by atoms with Gasteiger partial charge in [0.2, 0.25) is 0 Å². The lowest BCUT2D eigenvalue weighted by Gasteiger charge is -2.39. The summed E-state index contributed by atoms with van der Waals surface area (Å²) in [6.45, 7) is 3.60. The number of halogens is 1. The number of nitrogens with one attached hydrogen (secondary N) is 1. The molecule has 0 unspecified atom stereocenters. The molecule has 4 heteroatoms. The van der Waals surface area contributed by atoms with Crippen LogP contribution in [0.5, 0.6) is 0 Å². The van der Waals surface area contributed by atoms with Crippen LogP contribution < -0.4 is 5.32 Å². The van der Waals surface area contributed by atoms with E-state index in [1.807, 2.05) is 30.3 Å². The van der Waals surface area contributed by atoms with Crippen LogP contribution in [0.4, 0.5) is 4.39 Å². The standard InChI is InChI=1S/C22H26FNO2/c1-15(17-7-4-3-5-8-17)24-20-9-6-10-21(26-16(2)25)22(20)18-11-13-19(23)14-12-18/h3-5,7-8,11-15,20-22,24H,6,9-10H2,1-2H3/t15-,20+,21+,22-/m0/s1. The van der Waals surface area contributed by atoms with Crippen molar-refractivity contribution in [1.82, 2.24) is 5.32 Å². The summed E-state index contributed by atoms with van der Waals surface area (Å²) in [7, 11) is 0. The molecule has 2 aromatic rings. The van der Waals surface area contributed by atoms with Crippen molar-refractivity contribution in [1.29, 1.82) is 0 Å². The van der Waals surface area contributed by atoms with E-state index in [4.69, 9.17) is 4.74 Å². The van der Waals surface area contributed by atoms with E-state index in [9.17, 15) is 9.18 Å². The van der Waals surface area contributed by atoms with E-state index >= 15 is 0 Å². The molecule has 26 heavy (non-hydrogen) atoms. The van der Waals surface area contributed by atoms with Gasteiger partial charge in [-0.3, -0.25) is 4.79 Å². The Bertz CT molecular complexity index is 717. The van der Waals surface area contributed by atoms with Gasteiger partial charge in [-0.05, 0) is 49.4 Å². The third kappa shape index (κ3) is 4.50. The lowest BCUT2D eigenvalue weighted by molar-refractivity contribution is -0.149. The lowest BCUT2D eigenvalue weighted by Crippen LogP contribution is -2.45. The monoisotopic (exact) mass is 355 g/mol. The highest BCUT2D eigenvalue weighted by molar-refractivity contribution is 5.66. The lowest BCUT2D eigenvalue weighted by atomic mass is 9.77. The Labute approximate surface area is 154 Å². The molecule has 0 aliphatic heterocycles. The molecule has 138 valence electrons. The van der Waals surface area contributed by atoms with Crippen molar-refractivity contribution in [3.8, 4) is 0 Å². The minimum Gasteiger partial charge on any atom is -0.462 e. The third-order valence-electron chi connectivity index (χ3n) is 5.17. The van der Waals surface area contributed by atoms with Crippen LogP contribution in [0.2, 0.25) is 0 Å². The van der Waals surface area contributed by atoms with Gasteiger partial charge in [0.15, 0.2) is 0 Å². The van der Waals surface area contributed by atoms with E-state index in [1.54, 1.807) is 0 Å². The Balaban J connectivity index is 1.85.